The van der Waals surface area contributed by atoms with E-state index in [1.54, 1.807) is 14.0 Å². The summed E-state index contributed by atoms with van der Waals surface area (Å²) in [5.74, 6) is -1.48. The number of ketones is 1. The summed E-state index contributed by atoms with van der Waals surface area (Å²) in [5.41, 5.74) is -0.327. The number of nitrogens with zero attached hydrogens (tertiary/aromatic N) is 2. The van der Waals surface area contributed by atoms with Crippen LogP contribution in [0.25, 0.3) is 0 Å². The summed E-state index contributed by atoms with van der Waals surface area (Å²) in [6.45, 7) is 1.89. The summed E-state index contributed by atoms with van der Waals surface area (Å²) in [6.07, 6.45) is 0.128. The van der Waals surface area contributed by atoms with Gasteiger partial charge in [0.05, 0.1) is 18.9 Å². The molecule has 0 spiro atoms. The van der Waals surface area contributed by atoms with Crippen LogP contribution in [0.1, 0.15) is 17.7 Å². The first-order valence-electron chi connectivity index (χ1n) is 5.91. The van der Waals surface area contributed by atoms with E-state index in [0.29, 0.717) is 16.4 Å². The third-order valence-corrected chi connectivity index (χ3v) is 3.99. The zero-order valence-electron chi connectivity index (χ0n) is 10.8. The highest BCUT2D eigenvalue weighted by Crippen LogP contribution is 2.33. The Hall–Kier alpha value is -1.40. The molecule has 0 saturated carbocycles. The van der Waals surface area contributed by atoms with Crippen LogP contribution in [0.5, 0.6) is 0 Å². The molecule has 1 aromatic rings. The quantitative estimate of drug-likeness (QED) is 0.838. The van der Waals surface area contributed by atoms with Gasteiger partial charge in [0.1, 0.15) is 5.15 Å². The molecule has 2 heterocycles. The third kappa shape index (κ3) is 2.26. The minimum Gasteiger partial charge on any atom is -0.480 e. The number of ether oxygens (including phenoxy) is 1. The van der Waals surface area contributed by atoms with E-state index in [9.17, 15) is 14.7 Å². The van der Waals surface area contributed by atoms with Crippen LogP contribution < -0.4 is 0 Å². The van der Waals surface area contributed by atoms with Gasteiger partial charge in [0.15, 0.2) is 11.2 Å². The van der Waals surface area contributed by atoms with Crippen LogP contribution in [-0.4, -0.2) is 39.9 Å². The molecular formula is C12H15ClN2O4. The van der Waals surface area contributed by atoms with Gasteiger partial charge in [0.2, 0.25) is 0 Å². The van der Waals surface area contributed by atoms with E-state index in [0.717, 1.165) is 0 Å². The lowest BCUT2D eigenvalue weighted by atomic mass is 9.76. The van der Waals surface area contributed by atoms with Crippen LogP contribution in [0.4, 0.5) is 0 Å². The largest absolute Gasteiger partial charge is 0.480 e. The van der Waals surface area contributed by atoms with Crippen LogP contribution in [0, 0.1) is 12.3 Å². The van der Waals surface area contributed by atoms with E-state index in [1.807, 2.05) is 0 Å². The molecule has 1 aliphatic heterocycles. The molecule has 6 nitrogen and oxygen atoms in total. The second-order valence-corrected chi connectivity index (χ2v) is 5.13. The predicted molar refractivity (Wildman–Crippen MR) is 67.2 cm³/mol. The Labute approximate surface area is 115 Å². The number of halogens is 1. The van der Waals surface area contributed by atoms with Crippen molar-refractivity contribution < 1.29 is 19.4 Å². The van der Waals surface area contributed by atoms with Gasteiger partial charge in [-0.25, -0.2) is 0 Å². The van der Waals surface area contributed by atoms with Gasteiger partial charge in [0, 0.05) is 25.5 Å². The number of Topliss-reactive ketones (excluding diaryl/α,β-unsaturated/α-hetero) is 1. The van der Waals surface area contributed by atoms with Crippen molar-refractivity contribution in [2.24, 2.45) is 12.5 Å². The van der Waals surface area contributed by atoms with Gasteiger partial charge in [0.25, 0.3) is 0 Å². The Balaban J connectivity index is 2.41. The second kappa shape index (κ2) is 4.94. The van der Waals surface area contributed by atoms with Crippen molar-refractivity contribution in [1.29, 1.82) is 0 Å². The fourth-order valence-electron chi connectivity index (χ4n) is 2.31. The molecule has 1 aliphatic rings. The monoisotopic (exact) mass is 286 g/mol. The minimum atomic E-state index is -1.55. The third-order valence-electron chi connectivity index (χ3n) is 3.51. The molecule has 19 heavy (non-hydrogen) atoms. The Morgan fingerprint density at radius 3 is 2.79 bits per heavy atom. The summed E-state index contributed by atoms with van der Waals surface area (Å²) in [5, 5.41) is 13.9. The van der Waals surface area contributed by atoms with Crippen molar-refractivity contribution >= 4 is 23.4 Å². The molecule has 1 atom stereocenters. The number of aromatic nitrogens is 2. The number of hydrogen-bond acceptors (Lipinski definition) is 4. The zero-order chi connectivity index (χ0) is 14.2. The number of carboxylic acids is 1. The number of aryl methyl sites for hydroxylation is 2. The maximum Gasteiger partial charge on any atom is 0.319 e. The van der Waals surface area contributed by atoms with Crippen molar-refractivity contribution in [3.05, 3.63) is 16.4 Å². The highest BCUT2D eigenvalue weighted by molar-refractivity contribution is 6.30. The molecule has 1 aromatic heterocycles. The Bertz CT molecular complexity index is 540. The SMILES string of the molecule is Cc1nn(C)c(Cl)c1CC1(C(=O)O)COCCC1=O. The van der Waals surface area contributed by atoms with E-state index in [2.05, 4.69) is 5.10 Å². The Morgan fingerprint density at radius 1 is 1.63 bits per heavy atom. The first kappa shape index (κ1) is 14.0. The van der Waals surface area contributed by atoms with Crippen molar-refractivity contribution in [1.82, 2.24) is 9.78 Å². The van der Waals surface area contributed by atoms with E-state index in [4.69, 9.17) is 16.3 Å². The van der Waals surface area contributed by atoms with E-state index >= 15 is 0 Å². The van der Waals surface area contributed by atoms with Gasteiger partial charge < -0.3 is 9.84 Å². The lowest BCUT2D eigenvalue weighted by Gasteiger charge is -2.31. The maximum absolute atomic E-state index is 12.1. The Kier molecular flexibility index (Phi) is 3.64. The van der Waals surface area contributed by atoms with Gasteiger partial charge in [-0.3, -0.25) is 14.3 Å². The van der Waals surface area contributed by atoms with E-state index < -0.39 is 11.4 Å². The number of carbonyl (C=O) groups is 2. The van der Waals surface area contributed by atoms with Gasteiger partial charge in [-0.1, -0.05) is 11.6 Å². The fraction of sp³-hybridized carbons (Fsp3) is 0.583. The predicted octanol–water partition coefficient (Wildman–Crippen LogP) is 0.985. The average Bonchev–Trinajstić information content (AvgIpc) is 2.58. The smallest absolute Gasteiger partial charge is 0.319 e. The van der Waals surface area contributed by atoms with Crippen LogP contribution in [0.2, 0.25) is 5.15 Å². The molecule has 0 radical (unpaired) electrons. The van der Waals surface area contributed by atoms with Crippen molar-refractivity contribution in [3.63, 3.8) is 0 Å². The Morgan fingerprint density at radius 2 is 2.32 bits per heavy atom. The summed E-state index contributed by atoms with van der Waals surface area (Å²) >= 11 is 6.10. The van der Waals surface area contributed by atoms with Gasteiger partial charge in [-0.15, -0.1) is 0 Å². The molecule has 0 aliphatic carbocycles. The highest BCUT2D eigenvalue weighted by atomic mass is 35.5. The van der Waals surface area contributed by atoms with Gasteiger partial charge in [-0.2, -0.15) is 5.10 Å². The average molecular weight is 287 g/mol. The molecule has 0 amide bonds. The molecule has 1 N–H and O–H groups in total. The normalized spacial score (nSPS) is 23.6. The molecular weight excluding hydrogens is 272 g/mol. The summed E-state index contributed by atoms with van der Waals surface area (Å²) < 4.78 is 6.67. The standard InChI is InChI=1S/C12H15ClN2O4/c1-7-8(10(13)15(2)14-7)5-12(11(17)18)6-19-4-3-9(12)16/h3-6H2,1-2H3,(H,17,18). The molecule has 1 saturated heterocycles. The van der Waals surface area contributed by atoms with Gasteiger partial charge in [-0.05, 0) is 6.92 Å². The minimum absolute atomic E-state index is 0.0136. The van der Waals surface area contributed by atoms with Crippen molar-refractivity contribution in [2.45, 2.75) is 19.8 Å². The summed E-state index contributed by atoms with van der Waals surface area (Å²) in [4.78, 5) is 23.6. The molecule has 104 valence electrons. The topological polar surface area (TPSA) is 81.4 Å². The molecule has 7 heteroatoms. The summed E-state index contributed by atoms with van der Waals surface area (Å²) in [6, 6.07) is 0. The van der Waals surface area contributed by atoms with Crippen molar-refractivity contribution in [3.8, 4) is 0 Å². The number of aliphatic carboxylic acids is 1. The van der Waals surface area contributed by atoms with E-state index in [1.165, 1.54) is 4.68 Å². The van der Waals surface area contributed by atoms with E-state index in [-0.39, 0.29) is 31.8 Å². The second-order valence-electron chi connectivity index (χ2n) is 4.77. The lowest BCUT2D eigenvalue weighted by molar-refractivity contribution is -0.164. The first-order valence-corrected chi connectivity index (χ1v) is 6.28. The fourth-order valence-corrected chi connectivity index (χ4v) is 2.56. The summed E-state index contributed by atoms with van der Waals surface area (Å²) in [7, 11) is 1.67. The molecule has 2 rings (SSSR count). The molecule has 1 unspecified atom stereocenters. The molecule has 0 bridgehead atoms. The number of carboxylic acid groups (broad SMARTS) is 1. The highest BCUT2D eigenvalue weighted by Gasteiger charge is 2.48. The molecule has 0 aromatic carbocycles. The first-order chi connectivity index (χ1) is 8.88. The van der Waals surface area contributed by atoms with Crippen molar-refractivity contribution in [2.75, 3.05) is 13.2 Å². The van der Waals surface area contributed by atoms with Crippen LogP contribution in [0.3, 0.4) is 0 Å². The zero-order valence-corrected chi connectivity index (χ0v) is 11.5. The maximum atomic E-state index is 12.1. The van der Waals surface area contributed by atoms with Crippen LogP contribution in [-0.2, 0) is 27.8 Å². The number of carbonyl (C=O) groups excluding carboxylic acids is 1. The molecule has 1 fully saturated rings. The number of hydrogen-bond donors (Lipinski definition) is 1. The lowest BCUT2D eigenvalue weighted by Crippen LogP contribution is -2.48. The van der Waals surface area contributed by atoms with Crippen LogP contribution in [0.15, 0.2) is 0 Å². The van der Waals surface area contributed by atoms with Gasteiger partial charge >= 0.3 is 5.97 Å². The number of rotatable bonds is 3. The van der Waals surface area contributed by atoms with Crippen LogP contribution >= 0.6 is 11.6 Å².